The second-order valence-corrected chi connectivity index (χ2v) is 4.97. The molecule has 22 heavy (non-hydrogen) atoms. The Balaban J connectivity index is 0.00000242. The van der Waals surface area contributed by atoms with E-state index < -0.39 is 0 Å². The number of aliphatic imine (C=N–C) groups is 1. The third-order valence-electron chi connectivity index (χ3n) is 3.53. The van der Waals surface area contributed by atoms with E-state index in [-0.39, 0.29) is 35.8 Å². The Morgan fingerprint density at radius 1 is 1.36 bits per heavy atom. The molecular weight excluding hydrogens is 398 g/mol. The Kier molecular flexibility index (Phi) is 8.66. The van der Waals surface area contributed by atoms with Crippen molar-refractivity contribution in [1.82, 2.24) is 10.2 Å². The highest BCUT2D eigenvalue weighted by Crippen LogP contribution is 2.22. The Labute approximate surface area is 148 Å². The lowest BCUT2D eigenvalue weighted by Gasteiger charge is -2.34. The molecule has 1 heterocycles. The van der Waals surface area contributed by atoms with E-state index in [1.54, 1.807) is 0 Å². The van der Waals surface area contributed by atoms with Crippen LogP contribution in [0, 0.1) is 5.82 Å². The van der Waals surface area contributed by atoms with Gasteiger partial charge in [-0.3, -0.25) is 9.89 Å². The molecule has 7 heteroatoms. The van der Waals surface area contributed by atoms with Gasteiger partial charge < -0.3 is 15.8 Å². The molecule has 0 aliphatic carbocycles. The van der Waals surface area contributed by atoms with Gasteiger partial charge in [-0.15, -0.1) is 24.0 Å². The number of benzene rings is 1. The van der Waals surface area contributed by atoms with Crippen LogP contribution in [-0.2, 0) is 4.74 Å². The van der Waals surface area contributed by atoms with Crippen LogP contribution in [0.5, 0.6) is 0 Å². The number of hydrogen-bond donors (Lipinski definition) is 2. The summed E-state index contributed by atoms with van der Waals surface area (Å²) >= 11 is 0. The molecule has 1 aromatic rings. The summed E-state index contributed by atoms with van der Waals surface area (Å²) in [5.41, 5.74) is 6.85. The van der Waals surface area contributed by atoms with Crippen LogP contribution < -0.4 is 11.1 Å². The number of rotatable bonds is 5. The van der Waals surface area contributed by atoms with Crippen molar-refractivity contribution in [2.75, 3.05) is 39.4 Å². The smallest absolute Gasteiger partial charge is 0.188 e. The number of hydrogen-bond acceptors (Lipinski definition) is 3. The Hall–Kier alpha value is -0.930. The fourth-order valence-corrected chi connectivity index (χ4v) is 2.43. The van der Waals surface area contributed by atoms with E-state index in [4.69, 9.17) is 10.5 Å². The number of nitrogens with two attached hydrogens (primary N) is 1. The van der Waals surface area contributed by atoms with Crippen LogP contribution in [0.3, 0.4) is 0 Å². The molecule has 2 rings (SSSR count). The Morgan fingerprint density at radius 2 is 2.00 bits per heavy atom. The highest BCUT2D eigenvalue weighted by Gasteiger charge is 2.22. The van der Waals surface area contributed by atoms with E-state index in [1.165, 1.54) is 12.1 Å². The van der Waals surface area contributed by atoms with Gasteiger partial charge in [0.2, 0.25) is 0 Å². The largest absolute Gasteiger partial charge is 0.379 e. The van der Waals surface area contributed by atoms with Gasteiger partial charge in [-0.05, 0) is 24.6 Å². The minimum Gasteiger partial charge on any atom is -0.379 e. The molecule has 1 saturated heterocycles. The number of halogens is 2. The zero-order valence-corrected chi connectivity index (χ0v) is 15.1. The molecule has 124 valence electrons. The lowest BCUT2D eigenvalue weighted by atomic mass is 10.0. The monoisotopic (exact) mass is 422 g/mol. The average molecular weight is 422 g/mol. The molecule has 0 bridgehead atoms. The molecule has 1 unspecified atom stereocenters. The summed E-state index contributed by atoms with van der Waals surface area (Å²) in [6, 6.07) is 6.69. The molecule has 0 saturated carbocycles. The van der Waals surface area contributed by atoms with Gasteiger partial charge in [-0.25, -0.2) is 4.39 Å². The van der Waals surface area contributed by atoms with Crippen LogP contribution in [0.15, 0.2) is 29.3 Å². The lowest BCUT2D eigenvalue weighted by Crippen LogP contribution is -2.41. The summed E-state index contributed by atoms with van der Waals surface area (Å²) in [6.07, 6.45) is 0. The summed E-state index contributed by atoms with van der Waals surface area (Å²) in [5.74, 6) is 0.216. The van der Waals surface area contributed by atoms with Crippen molar-refractivity contribution >= 4 is 29.9 Å². The van der Waals surface area contributed by atoms with Gasteiger partial charge in [0.05, 0.1) is 25.8 Å². The van der Waals surface area contributed by atoms with Crippen LogP contribution >= 0.6 is 24.0 Å². The number of nitrogens with one attached hydrogen (secondary N) is 1. The molecule has 3 N–H and O–H groups in total. The zero-order valence-electron chi connectivity index (χ0n) is 12.8. The number of ether oxygens (including phenoxy) is 1. The zero-order chi connectivity index (χ0) is 15.1. The first-order chi connectivity index (χ1) is 10.2. The quantitative estimate of drug-likeness (QED) is 0.431. The number of guanidine groups is 1. The molecule has 1 aliphatic heterocycles. The number of morpholine rings is 1. The first-order valence-corrected chi connectivity index (χ1v) is 7.31. The van der Waals surface area contributed by atoms with Crippen molar-refractivity contribution in [2.24, 2.45) is 10.7 Å². The molecule has 1 aromatic carbocycles. The van der Waals surface area contributed by atoms with Crippen LogP contribution in [-0.4, -0.2) is 50.3 Å². The molecule has 0 spiro atoms. The molecule has 1 atom stereocenters. The maximum Gasteiger partial charge on any atom is 0.188 e. The van der Waals surface area contributed by atoms with E-state index >= 15 is 0 Å². The number of nitrogens with zero attached hydrogens (tertiary/aromatic N) is 2. The van der Waals surface area contributed by atoms with Crippen molar-refractivity contribution < 1.29 is 9.13 Å². The molecule has 0 aromatic heterocycles. The van der Waals surface area contributed by atoms with Crippen molar-refractivity contribution in [2.45, 2.75) is 13.0 Å². The summed E-state index contributed by atoms with van der Waals surface area (Å²) in [7, 11) is 0. The average Bonchev–Trinajstić information content (AvgIpc) is 2.50. The third kappa shape index (κ3) is 5.69. The molecule has 1 fully saturated rings. The second kappa shape index (κ2) is 9.96. The van der Waals surface area contributed by atoms with Crippen molar-refractivity contribution in [3.63, 3.8) is 0 Å². The van der Waals surface area contributed by atoms with Gasteiger partial charge in [-0.1, -0.05) is 12.1 Å². The van der Waals surface area contributed by atoms with Crippen LogP contribution in [0.4, 0.5) is 4.39 Å². The van der Waals surface area contributed by atoms with Gasteiger partial charge >= 0.3 is 0 Å². The van der Waals surface area contributed by atoms with E-state index in [0.29, 0.717) is 25.7 Å². The van der Waals surface area contributed by atoms with Crippen LogP contribution in [0.25, 0.3) is 0 Å². The first-order valence-electron chi connectivity index (χ1n) is 7.31. The fourth-order valence-electron chi connectivity index (χ4n) is 2.43. The minimum absolute atomic E-state index is 0. The predicted molar refractivity (Wildman–Crippen MR) is 97.1 cm³/mol. The van der Waals surface area contributed by atoms with Gasteiger partial charge in [0, 0.05) is 19.6 Å². The fraction of sp³-hybridized carbons (Fsp3) is 0.533. The molecule has 0 radical (unpaired) electrons. The second-order valence-electron chi connectivity index (χ2n) is 4.97. The van der Waals surface area contributed by atoms with E-state index in [1.807, 2.05) is 19.1 Å². The summed E-state index contributed by atoms with van der Waals surface area (Å²) in [6.45, 7) is 6.38. The van der Waals surface area contributed by atoms with Gasteiger partial charge in [0.15, 0.2) is 5.96 Å². The maximum atomic E-state index is 13.1. The van der Waals surface area contributed by atoms with E-state index in [0.717, 1.165) is 25.2 Å². The van der Waals surface area contributed by atoms with Crippen molar-refractivity contribution in [1.29, 1.82) is 0 Å². The lowest BCUT2D eigenvalue weighted by molar-refractivity contribution is 0.0179. The van der Waals surface area contributed by atoms with Gasteiger partial charge in [-0.2, -0.15) is 0 Å². The van der Waals surface area contributed by atoms with Crippen molar-refractivity contribution in [3.8, 4) is 0 Å². The van der Waals surface area contributed by atoms with E-state index in [9.17, 15) is 4.39 Å². The topological polar surface area (TPSA) is 62.9 Å². The van der Waals surface area contributed by atoms with Gasteiger partial charge in [0.1, 0.15) is 5.82 Å². The predicted octanol–water partition coefficient (Wildman–Crippen LogP) is 1.74. The summed E-state index contributed by atoms with van der Waals surface area (Å²) in [4.78, 5) is 6.70. The molecular formula is C15H24FIN4O. The van der Waals surface area contributed by atoms with E-state index in [2.05, 4.69) is 15.2 Å². The maximum absolute atomic E-state index is 13.1. The molecule has 1 aliphatic rings. The normalized spacial score (nSPS) is 17.6. The standard InChI is InChI=1S/C15H23FN4O.HI/c1-2-18-15(17)19-11-14(20-7-9-21-10-8-20)12-3-5-13(16)6-4-12;/h3-6,14H,2,7-11H2,1H3,(H3,17,18,19);1H. The summed E-state index contributed by atoms with van der Waals surface area (Å²) in [5, 5.41) is 2.99. The van der Waals surface area contributed by atoms with Crippen LogP contribution in [0.2, 0.25) is 0 Å². The SMILES string of the molecule is CCNC(N)=NCC(c1ccc(F)cc1)N1CCOCC1.I. The highest BCUT2D eigenvalue weighted by atomic mass is 127. The first kappa shape index (κ1) is 19.1. The van der Waals surface area contributed by atoms with Crippen LogP contribution in [0.1, 0.15) is 18.5 Å². The Morgan fingerprint density at radius 3 is 2.59 bits per heavy atom. The third-order valence-corrected chi connectivity index (χ3v) is 3.53. The molecule has 0 amide bonds. The minimum atomic E-state index is -0.227. The Bertz CT molecular complexity index is 463. The highest BCUT2D eigenvalue weighted by molar-refractivity contribution is 14.0. The van der Waals surface area contributed by atoms with Gasteiger partial charge in [0.25, 0.3) is 0 Å². The molecule has 5 nitrogen and oxygen atoms in total. The van der Waals surface area contributed by atoms with Crippen molar-refractivity contribution in [3.05, 3.63) is 35.6 Å². The summed E-state index contributed by atoms with van der Waals surface area (Å²) < 4.78 is 18.5.